The summed E-state index contributed by atoms with van der Waals surface area (Å²) in [6.07, 6.45) is 7.34. The second kappa shape index (κ2) is 8.68. The first-order valence-corrected chi connectivity index (χ1v) is 11.2. The number of aliphatic hydroxyl groups is 1. The van der Waals surface area contributed by atoms with Crippen LogP contribution in [-0.4, -0.2) is 41.1 Å². The summed E-state index contributed by atoms with van der Waals surface area (Å²) in [7, 11) is 0. The van der Waals surface area contributed by atoms with Gasteiger partial charge in [0.2, 0.25) is 5.91 Å². The number of carbonyl (C=O) groups excluding carboxylic acids is 1. The van der Waals surface area contributed by atoms with Gasteiger partial charge in [-0.25, -0.2) is 4.39 Å². The van der Waals surface area contributed by atoms with Crippen molar-refractivity contribution in [2.24, 2.45) is 17.6 Å². The van der Waals surface area contributed by atoms with Gasteiger partial charge in [0.15, 0.2) is 0 Å². The number of anilines is 1. The predicted octanol–water partition coefficient (Wildman–Crippen LogP) is 4.07. The third-order valence-corrected chi connectivity index (χ3v) is 6.97. The van der Waals surface area contributed by atoms with Gasteiger partial charge in [0.25, 0.3) is 0 Å². The van der Waals surface area contributed by atoms with Gasteiger partial charge in [-0.2, -0.15) is 0 Å². The summed E-state index contributed by atoms with van der Waals surface area (Å²) < 4.78 is 15.7. The zero-order valence-electron chi connectivity index (χ0n) is 17.0. The Bertz CT molecular complexity index is 962. The normalized spacial score (nSPS) is 30.9. The lowest BCUT2D eigenvalue weighted by molar-refractivity contribution is -0.129. The van der Waals surface area contributed by atoms with E-state index in [1.807, 2.05) is 4.90 Å². The minimum atomic E-state index is -1.37. The largest absolute Gasteiger partial charge is 0.395 e. The molecule has 5 nitrogen and oxygen atoms in total. The molecule has 0 radical (unpaired) electrons. The first kappa shape index (κ1) is 22.5. The van der Waals surface area contributed by atoms with E-state index in [-0.39, 0.29) is 17.5 Å². The molecule has 4 rings (SSSR count). The SMILES string of the molecule is C=C(Cl)/C=C\C=C(/F)[C@H]1[C@H](N)[C@H](CO)N(CCC2CC2)[C@@]12C(=O)Nc1cc(Cl)ccc12. The van der Waals surface area contributed by atoms with E-state index in [0.717, 1.165) is 19.3 Å². The summed E-state index contributed by atoms with van der Waals surface area (Å²) in [6.45, 7) is 3.82. The number of likely N-dealkylation sites (tertiary alicyclic amines) is 1. The van der Waals surface area contributed by atoms with Gasteiger partial charge in [-0.1, -0.05) is 54.8 Å². The number of nitrogens with two attached hydrogens (primary N) is 1. The lowest BCUT2D eigenvalue weighted by Gasteiger charge is -2.38. The fourth-order valence-corrected chi connectivity index (χ4v) is 5.30. The van der Waals surface area contributed by atoms with E-state index in [0.29, 0.717) is 28.7 Å². The summed E-state index contributed by atoms with van der Waals surface area (Å²) in [4.78, 5) is 15.5. The van der Waals surface area contributed by atoms with Crippen LogP contribution < -0.4 is 11.1 Å². The van der Waals surface area contributed by atoms with Gasteiger partial charge in [-0.3, -0.25) is 9.69 Å². The lowest BCUT2D eigenvalue weighted by Crippen LogP contribution is -2.53. The van der Waals surface area contributed by atoms with Crippen molar-refractivity contribution in [1.29, 1.82) is 0 Å². The Balaban J connectivity index is 1.86. The second-order valence-electron chi connectivity index (χ2n) is 8.50. The summed E-state index contributed by atoms with van der Waals surface area (Å²) in [5.74, 6) is -1.29. The number of halogens is 3. The number of allylic oxidation sites excluding steroid dienone is 4. The number of rotatable bonds is 7. The smallest absolute Gasteiger partial charge is 0.250 e. The van der Waals surface area contributed by atoms with Crippen LogP contribution in [0.4, 0.5) is 10.1 Å². The Hall–Kier alpha value is -1.70. The first-order valence-electron chi connectivity index (χ1n) is 10.4. The number of aliphatic hydroxyl groups excluding tert-OH is 1. The minimum Gasteiger partial charge on any atom is -0.395 e. The van der Waals surface area contributed by atoms with Gasteiger partial charge in [-0.05, 0) is 36.6 Å². The third kappa shape index (κ3) is 3.85. The maximum absolute atomic E-state index is 15.7. The molecule has 0 bridgehead atoms. The molecule has 0 aromatic heterocycles. The Kier molecular flexibility index (Phi) is 6.30. The van der Waals surface area contributed by atoms with Crippen molar-refractivity contribution in [3.05, 3.63) is 64.5 Å². The van der Waals surface area contributed by atoms with E-state index in [1.165, 1.54) is 18.2 Å². The van der Waals surface area contributed by atoms with Gasteiger partial charge in [-0.15, -0.1) is 0 Å². The van der Waals surface area contributed by atoms with Crippen molar-refractivity contribution in [2.75, 3.05) is 18.5 Å². The molecule has 1 aromatic carbocycles. The molecule has 8 heteroatoms. The van der Waals surface area contributed by atoms with Crippen molar-refractivity contribution in [3.63, 3.8) is 0 Å². The first-order chi connectivity index (χ1) is 14.8. The number of hydrogen-bond acceptors (Lipinski definition) is 4. The van der Waals surface area contributed by atoms with Gasteiger partial charge in [0.05, 0.1) is 12.5 Å². The van der Waals surface area contributed by atoms with Crippen LogP contribution >= 0.6 is 23.2 Å². The van der Waals surface area contributed by atoms with Crippen LogP contribution in [-0.2, 0) is 10.3 Å². The lowest BCUT2D eigenvalue weighted by atomic mass is 9.76. The van der Waals surface area contributed by atoms with Crippen molar-refractivity contribution >= 4 is 34.8 Å². The molecule has 3 aliphatic rings. The van der Waals surface area contributed by atoms with Crippen LogP contribution in [0, 0.1) is 11.8 Å². The molecule has 31 heavy (non-hydrogen) atoms. The Morgan fingerprint density at radius 3 is 2.84 bits per heavy atom. The number of amides is 1. The highest BCUT2D eigenvalue weighted by Gasteiger charge is 2.66. The molecular weight excluding hydrogens is 440 g/mol. The van der Waals surface area contributed by atoms with E-state index in [9.17, 15) is 9.90 Å². The topological polar surface area (TPSA) is 78.6 Å². The van der Waals surface area contributed by atoms with Crippen LogP contribution in [0.15, 0.2) is 53.9 Å². The molecule has 1 saturated heterocycles. The summed E-state index contributed by atoms with van der Waals surface area (Å²) in [5.41, 5.74) is 6.33. The molecule has 166 valence electrons. The zero-order chi connectivity index (χ0) is 22.3. The fourth-order valence-electron chi connectivity index (χ4n) is 5.06. The molecule has 2 fully saturated rings. The average Bonchev–Trinajstić information content (AvgIpc) is 3.44. The average molecular weight is 466 g/mol. The van der Waals surface area contributed by atoms with Crippen molar-refractivity contribution in [2.45, 2.75) is 36.9 Å². The highest BCUT2D eigenvalue weighted by molar-refractivity contribution is 6.31. The van der Waals surface area contributed by atoms with Gasteiger partial charge in [0.1, 0.15) is 11.4 Å². The maximum atomic E-state index is 15.7. The minimum absolute atomic E-state index is 0.257. The number of benzene rings is 1. The summed E-state index contributed by atoms with van der Waals surface area (Å²) >= 11 is 11.9. The van der Waals surface area contributed by atoms with Gasteiger partial charge < -0.3 is 16.2 Å². The fraction of sp³-hybridized carbons (Fsp3) is 0.435. The van der Waals surface area contributed by atoms with Crippen LogP contribution in [0.2, 0.25) is 5.02 Å². The second-order valence-corrected chi connectivity index (χ2v) is 9.42. The monoisotopic (exact) mass is 465 g/mol. The number of fused-ring (bicyclic) bond motifs is 2. The molecule has 0 unspecified atom stereocenters. The van der Waals surface area contributed by atoms with Crippen LogP contribution in [0.5, 0.6) is 0 Å². The Labute approximate surface area is 191 Å². The number of nitrogens with one attached hydrogen (secondary N) is 1. The van der Waals surface area contributed by atoms with E-state index in [4.69, 9.17) is 28.9 Å². The van der Waals surface area contributed by atoms with E-state index < -0.39 is 29.4 Å². The Morgan fingerprint density at radius 2 is 2.19 bits per heavy atom. The van der Waals surface area contributed by atoms with E-state index in [2.05, 4.69) is 11.9 Å². The molecule has 1 saturated carbocycles. The highest BCUT2D eigenvalue weighted by atomic mass is 35.5. The van der Waals surface area contributed by atoms with Crippen LogP contribution in [0.3, 0.4) is 0 Å². The maximum Gasteiger partial charge on any atom is 0.250 e. The third-order valence-electron chi connectivity index (χ3n) is 6.61. The van der Waals surface area contributed by atoms with Crippen LogP contribution in [0.25, 0.3) is 0 Å². The predicted molar refractivity (Wildman–Crippen MR) is 121 cm³/mol. The van der Waals surface area contributed by atoms with E-state index >= 15 is 4.39 Å². The van der Waals surface area contributed by atoms with E-state index in [1.54, 1.807) is 18.2 Å². The van der Waals surface area contributed by atoms with Gasteiger partial charge >= 0.3 is 0 Å². The molecule has 1 amide bonds. The molecule has 2 heterocycles. The summed E-state index contributed by atoms with van der Waals surface area (Å²) in [5, 5.41) is 13.8. The number of carbonyl (C=O) groups is 1. The summed E-state index contributed by atoms with van der Waals surface area (Å²) in [6, 6.07) is 3.75. The number of nitrogens with zero attached hydrogens (tertiary/aromatic N) is 1. The Morgan fingerprint density at radius 1 is 1.45 bits per heavy atom. The molecule has 2 aliphatic heterocycles. The zero-order valence-corrected chi connectivity index (χ0v) is 18.5. The quantitative estimate of drug-likeness (QED) is 0.530. The molecule has 1 spiro atoms. The van der Waals surface area contributed by atoms with Crippen molar-refractivity contribution < 1.29 is 14.3 Å². The van der Waals surface area contributed by atoms with Crippen molar-refractivity contribution in [3.8, 4) is 0 Å². The molecule has 1 aromatic rings. The molecule has 4 atom stereocenters. The van der Waals surface area contributed by atoms with Crippen molar-refractivity contribution in [1.82, 2.24) is 4.90 Å². The molecular formula is C23H26Cl2FN3O2. The highest BCUT2D eigenvalue weighted by Crippen LogP contribution is 2.55. The molecule has 1 aliphatic carbocycles. The number of hydrogen-bond donors (Lipinski definition) is 3. The standard InChI is InChI=1S/C23H26Cl2FN3O2/c1-13(24)3-2-4-17(26)20-21(27)19(12-30)29(10-9-14-5-6-14)23(20)16-8-7-15(25)11-18(16)28-22(23)31/h2-4,7-8,11,14,19-21,30H,1,5-6,9-10,12,27H2,(H,28,31)/b3-2-,17-4-/t19-,20-,21+,23+/m0/s1. The van der Waals surface area contributed by atoms with Gasteiger partial charge in [0, 0.05) is 39.9 Å². The van der Waals surface area contributed by atoms with Crippen LogP contribution in [0.1, 0.15) is 24.8 Å². The molecule has 4 N–H and O–H groups in total.